The number of carbonyl (C=O) groups excluding carboxylic acids is 2. The quantitative estimate of drug-likeness (QED) is 0.672. The first-order valence-electron chi connectivity index (χ1n) is 10.2. The minimum atomic E-state index is -0.778. The van der Waals surface area contributed by atoms with Crippen LogP contribution in [0.15, 0.2) is 18.3 Å². The summed E-state index contributed by atoms with van der Waals surface area (Å²) in [5.41, 5.74) is 0.516. The maximum absolute atomic E-state index is 12.8. The Balaban J connectivity index is 1.49. The number of carbonyl (C=O) groups is 3. The Kier molecular flexibility index (Phi) is 5.39. The lowest BCUT2D eigenvalue weighted by Gasteiger charge is -2.56. The van der Waals surface area contributed by atoms with Crippen molar-refractivity contribution in [2.24, 2.45) is 11.8 Å². The largest absolute Gasteiger partial charge is 0.481 e. The fourth-order valence-electron chi connectivity index (χ4n) is 5.34. The van der Waals surface area contributed by atoms with Gasteiger partial charge in [0.15, 0.2) is 0 Å². The van der Waals surface area contributed by atoms with Gasteiger partial charge in [-0.15, -0.1) is 0 Å². The number of fused-ring (bicyclic) bond motifs is 4. The molecule has 3 N–H and O–H groups in total. The number of hydrogen-bond donors (Lipinski definition) is 3. The van der Waals surface area contributed by atoms with E-state index in [1.165, 1.54) is 0 Å². The van der Waals surface area contributed by atoms with E-state index >= 15 is 0 Å². The summed E-state index contributed by atoms with van der Waals surface area (Å²) in [6.07, 6.45) is 5.39. The second-order valence-corrected chi connectivity index (χ2v) is 8.28. The van der Waals surface area contributed by atoms with Crippen LogP contribution in [0.4, 0.5) is 0 Å². The number of likely N-dealkylation sites (tertiary alicyclic amines) is 1. The fourth-order valence-corrected chi connectivity index (χ4v) is 5.34. The van der Waals surface area contributed by atoms with E-state index in [9.17, 15) is 14.4 Å². The number of aromatic amines is 1. The van der Waals surface area contributed by atoms with Crippen molar-refractivity contribution in [1.29, 1.82) is 0 Å². The van der Waals surface area contributed by atoms with Crippen molar-refractivity contribution in [3.8, 4) is 0 Å². The Bertz CT molecular complexity index is 735. The van der Waals surface area contributed by atoms with Crippen molar-refractivity contribution >= 4 is 17.8 Å². The van der Waals surface area contributed by atoms with Gasteiger partial charge in [-0.3, -0.25) is 14.4 Å². The van der Waals surface area contributed by atoms with E-state index in [-0.39, 0.29) is 36.2 Å². The van der Waals surface area contributed by atoms with Gasteiger partial charge in [-0.25, -0.2) is 0 Å². The molecule has 3 aliphatic rings. The number of amides is 2. The third-order valence-electron chi connectivity index (χ3n) is 6.53. The van der Waals surface area contributed by atoms with Gasteiger partial charge in [0.2, 0.25) is 5.91 Å². The molecule has 8 heteroatoms. The van der Waals surface area contributed by atoms with Crippen LogP contribution in [-0.4, -0.2) is 75.9 Å². The third kappa shape index (κ3) is 3.78. The molecule has 0 aliphatic carbocycles. The zero-order valence-electron chi connectivity index (χ0n) is 16.0. The van der Waals surface area contributed by atoms with Crippen LogP contribution in [0.2, 0.25) is 0 Å². The third-order valence-corrected chi connectivity index (χ3v) is 6.53. The molecule has 3 saturated heterocycles. The van der Waals surface area contributed by atoms with Crippen molar-refractivity contribution in [2.45, 2.75) is 44.2 Å². The van der Waals surface area contributed by atoms with Crippen molar-refractivity contribution in [3.05, 3.63) is 24.0 Å². The first kappa shape index (κ1) is 19.0. The Morgan fingerprint density at radius 2 is 2.11 bits per heavy atom. The van der Waals surface area contributed by atoms with Gasteiger partial charge >= 0.3 is 5.97 Å². The van der Waals surface area contributed by atoms with Crippen LogP contribution in [0.3, 0.4) is 0 Å². The number of carboxylic acids is 1. The first-order chi connectivity index (χ1) is 13.5. The van der Waals surface area contributed by atoms with Crippen LogP contribution in [0.5, 0.6) is 0 Å². The molecular weight excluding hydrogens is 360 g/mol. The second kappa shape index (κ2) is 7.95. The number of hydrogen-bond acceptors (Lipinski definition) is 4. The first-order valence-corrected chi connectivity index (χ1v) is 10.2. The molecule has 3 aliphatic heterocycles. The topological polar surface area (TPSA) is 106 Å². The summed E-state index contributed by atoms with van der Waals surface area (Å²) in [5, 5.41) is 12.0. The van der Waals surface area contributed by atoms with Crippen molar-refractivity contribution < 1.29 is 19.5 Å². The predicted octanol–water partition coefficient (Wildman–Crippen LogP) is 0.921. The average Bonchev–Trinajstić information content (AvgIpc) is 3.21. The Hall–Kier alpha value is -2.35. The van der Waals surface area contributed by atoms with Crippen molar-refractivity contribution in [1.82, 2.24) is 20.1 Å². The highest BCUT2D eigenvalue weighted by atomic mass is 16.4. The molecule has 3 fully saturated rings. The molecule has 1 aromatic heterocycles. The summed E-state index contributed by atoms with van der Waals surface area (Å²) >= 11 is 0. The number of nitrogens with one attached hydrogen (secondary N) is 2. The Labute approximate surface area is 164 Å². The van der Waals surface area contributed by atoms with E-state index in [0.717, 1.165) is 32.4 Å². The molecule has 152 valence electrons. The number of nitrogens with zero attached hydrogens (tertiary/aromatic N) is 2. The SMILES string of the molecule is O=C(O)CCN1C[C@H]2C[C@@H](C1)[C@H](CNC(=O)c1ccc[nH]1)N1C(=O)CCC[C@@H]21. The highest BCUT2D eigenvalue weighted by Gasteiger charge is 2.49. The molecule has 2 bridgehead atoms. The van der Waals surface area contributed by atoms with Gasteiger partial charge in [0, 0.05) is 44.8 Å². The smallest absolute Gasteiger partial charge is 0.304 e. The standard InChI is InChI=1S/C20H28N4O4/c25-18-5-1-4-16-13-9-14(12-23(11-13)8-6-19(26)27)17(24(16)18)10-22-20(28)15-3-2-7-21-15/h2-3,7,13-14,16-17,21H,1,4-6,8-12H2,(H,22,28)(H,26,27)/t13-,14+,16+,17+/m1/s1. The summed E-state index contributed by atoms with van der Waals surface area (Å²) in [7, 11) is 0. The van der Waals surface area contributed by atoms with Crippen LogP contribution in [0, 0.1) is 11.8 Å². The number of aromatic nitrogens is 1. The number of carboxylic acid groups (broad SMARTS) is 1. The van der Waals surface area contributed by atoms with Gasteiger partial charge in [0.1, 0.15) is 5.69 Å². The number of aliphatic carboxylic acids is 1. The fraction of sp³-hybridized carbons (Fsp3) is 0.650. The molecule has 1 aromatic rings. The van der Waals surface area contributed by atoms with E-state index in [1.54, 1.807) is 18.3 Å². The van der Waals surface area contributed by atoms with E-state index in [1.807, 2.05) is 0 Å². The van der Waals surface area contributed by atoms with Crippen LogP contribution in [-0.2, 0) is 9.59 Å². The molecule has 4 atom stereocenters. The van der Waals surface area contributed by atoms with Gasteiger partial charge in [0.25, 0.3) is 5.91 Å². The van der Waals surface area contributed by atoms with E-state index in [4.69, 9.17) is 5.11 Å². The van der Waals surface area contributed by atoms with E-state index < -0.39 is 5.97 Å². The lowest BCUT2D eigenvalue weighted by Crippen LogP contribution is -2.67. The zero-order chi connectivity index (χ0) is 19.7. The highest BCUT2D eigenvalue weighted by molar-refractivity contribution is 5.92. The summed E-state index contributed by atoms with van der Waals surface area (Å²) in [6.45, 7) is 2.62. The minimum absolute atomic E-state index is 0.0272. The van der Waals surface area contributed by atoms with Crippen molar-refractivity contribution in [3.63, 3.8) is 0 Å². The van der Waals surface area contributed by atoms with Crippen LogP contribution >= 0.6 is 0 Å². The average molecular weight is 388 g/mol. The lowest BCUT2D eigenvalue weighted by molar-refractivity contribution is -0.152. The number of piperidine rings is 3. The Morgan fingerprint density at radius 3 is 2.86 bits per heavy atom. The summed E-state index contributed by atoms with van der Waals surface area (Å²) in [5.74, 6) is -0.0855. The molecular formula is C20H28N4O4. The van der Waals surface area contributed by atoms with Crippen LogP contribution in [0.25, 0.3) is 0 Å². The van der Waals surface area contributed by atoms with Crippen LogP contribution in [0.1, 0.15) is 42.6 Å². The molecule has 2 amide bonds. The molecule has 0 aromatic carbocycles. The van der Waals surface area contributed by atoms with Crippen LogP contribution < -0.4 is 5.32 Å². The summed E-state index contributed by atoms with van der Waals surface area (Å²) in [6, 6.07) is 3.69. The van der Waals surface area contributed by atoms with Crippen molar-refractivity contribution in [2.75, 3.05) is 26.2 Å². The molecule has 4 rings (SSSR count). The Morgan fingerprint density at radius 1 is 1.29 bits per heavy atom. The van der Waals surface area contributed by atoms with E-state index in [0.29, 0.717) is 31.1 Å². The molecule has 28 heavy (non-hydrogen) atoms. The normalized spacial score (nSPS) is 30.0. The predicted molar refractivity (Wildman–Crippen MR) is 102 cm³/mol. The highest BCUT2D eigenvalue weighted by Crippen LogP contribution is 2.41. The number of H-pyrrole nitrogens is 1. The summed E-state index contributed by atoms with van der Waals surface area (Å²) < 4.78 is 0. The lowest BCUT2D eigenvalue weighted by atomic mass is 9.72. The maximum atomic E-state index is 12.8. The molecule has 0 spiro atoms. The minimum Gasteiger partial charge on any atom is -0.481 e. The molecule has 8 nitrogen and oxygen atoms in total. The van der Waals surface area contributed by atoms with Gasteiger partial charge < -0.3 is 25.2 Å². The number of rotatable bonds is 6. The zero-order valence-corrected chi connectivity index (χ0v) is 16.0. The van der Waals surface area contributed by atoms with Gasteiger partial charge in [0.05, 0.1) is 12.5 Å². The maximum Gasteiger partial charge on any atom is 0.304 e. The van der Waals surface area contributed by atoms with E-state index in [2.05, 4.69) is 20.1 Å². The van der Waals surface area contributed by atoms with Gasteiger partial charge in [-0.05, 0) is 43.2 Å². The van der Waals surface area contributed by atoms with Gasteiger partial charge in [-0.2, -0.15) is 0 Å². The summed E-state index contributed by atoms with van der Waals surface area (Å²) in [4.78, 5) is 43.3. The molecule has 0 radical (unpaired) electrons. The van der Waals surface area contributed by atoms with Gasteiger partial charge in [-0.1, -0.05) is 0 Å². The monoisotopic (exact) mass is 388 g/mol. The molecule has 0 unspecified atom stereocenters. The molecule has 0 saturated carbocycles. The molecule has 4 heterocycles. The second-order valence-electron chi connectivity index (χ2n) is 8.28.